The van der Waals surface area contributed by atoms with E-state index in [4.69, 9.17) is 10.5 Å². The Kier molecular flexibility index (Phi) is 4.02. The van der Waals surface area contributed by atoms with Crippen LogP contribution in [0.2, 0.25) is 0 Å². The van der Waals surface area contributed by atoms with Crippen molar-refractivity contribution in [1.82, 2.24) is 0 Å². The molecule has 0 saturated heterocycles. The third-order valence-electron chi connectivity index (χ3n) is 2.43. The third-order valence-corrected chi connectivity index (χ3v) is 2.43. The molecule has 94 valence electrons. The maximum absolute atomic E-state index is 12.9. The molecule has 0 aliphatic carbocycles. The maximum atomic E-state index is 12.9. The summed E-state index contributed by atoms with van der Waals surface area (Å²) in [6.07, 6.45) is 0. The predicted molar refractivity (Wildman–Crippen MR) is 71.2 cm³/mol. The van der Waals surface area contributed by atoms with E-state index in [2.05, 4.69) is 5.32 Å². The van der Waals surface area contributed by atoms with Gasteiger partial charge in [-0.2, -0.15) is 0 Å². The Balaban J connectivity index is 1.78. The molecular formula is C14H15FN2O. The molecule has 0 bridgehead atoms. The van der Waals surface area contributed by atoms with E-state index in [0.29, 0.717) is 24.6 Å². The molecule has 0 unspecified atom stereocenters. The summed E-state index contributed by atoms with van der Waals surface area (Å²) in [6, 6.07) is 13.6. The summed E-state index contributed by atoms with van der Waals surface area (Å²) in [5.74, 6) is 0.409. The molecule has 0 aromatic heterocycles. The zero-order chi connectivity index (χ0) is 12.8. The van der Waals surface area contributed by atoms with Crippen molar-refractivity contribution in [3.8, 4) is 5.75 Å². The SMILES string of the molecule is Nc1ccccc1OCCNc1cccc(F)c1. The molecular weight excluding hydrogens is 231 g/mol. The minimum Gasteiger partial charge on any atom is -0.490 e. The molecule has 0 atom stereocenters. The van der Waals surface area contributed by atoms with Crippen LogP contribution < -0.4 is 15.8 Å². The van der Waals surface area contributed by atoms with Crippen molar-refractivity contribution in [3.63, 3.8) is 0 Å². The Morgan fingerprint density at radius 1 is 1.11 bits per heavy atom. The summed E-state index contributed by atoms with van der Waals surface area (Å²) in [6.45, 7) is 1.04. The fourth-order valence-electron chi connectivity index (χ4n) is 1.57. The second-order valence-corrected chi connectivity index (χ2v) is 3.82. The predicted octanol–water partition coefficient (Wildman–Crippen LogP) is 2.90. The quantitative estimate of drug-likeness (QED) is 0.630. The van der Waals surface area contributed by atoms with E-state index < -0.39 is 0 Å². The molecule has 2 rings (SSSR count). The smallest absolute Gasteiger partial charge is 0.142 e. The zero-order valence-corrected chi connectivity index (χ0v) is 9.90. The minimum absolute atomic E-state index is 0.256. The highest BCUT2D eigenvalue weighted by atomic mass is 19.1. The molecule has 0 fully saturated rings. The average molecular weight is 246 g/mol. The van der Waals surface area contributed by atoms with Gasteiger partial charge < -0.3 is 15.8 Å². The van der Waals surface area contributed by atoms with Crippen molar-refractivity contribution in [3.05, 3.63) is 54.3 Å². The van der Waals surface area contributed by atoms with Gasteiger partial charge in [-0.15, -0.1) is 0 Å². The van der Waals surface area contributed by atoms with E-state index in [-0.39, 0.29) is 5.82 Å². The van der Waals surface area contributed by atoms with Crippen LogP contribution in [0, 0.1) is 5.82 Å². The lowest BCUT2D eigenvalue weighted by atomic mass is 10.3. The summed E-state index contributed by atoms with van der Waals surface area (Å²) < 4.78 is 18.4. The van der Waals surface area contributed by atoms with Gasteiger partial charge in [0, 0.05) is 12.2 Å². The molecule has 18 heavy (non-hydrogen) atoms. The fraction of sp³-hybridized carbons (Fsp3) is 0.143. The molecule has 0 spiro atoms. The topological polar surface area (TPSA) is 47.3 Å². The number of nitrogens with one attached hydrogen (secondary N) is 1. The molecule has 0 radical (unpaired) electrons. The van der Waals surface area contributed by atoms with Gasteiger partial charge in [0.2, 0.25) is 0 Å². The van der Waals surface area contributed by atoms with Gasteiger partial charge in [-0.05, 0) is 30.3 Å². The van der Waals surface area contributed by atoms with E-state index in [1.165, 1.54) is 12.1 Å². The standard InChI is InChI=1S/C14H15FN2O/c15-11-4-3-5-12(10-11)17-8-9-18-14-7-2-1-6-13(14)16/h1-7,10,17H,8-9,16H2. The zero-order valence-electron chi connectivity index (χ0n) is 9.90. The molecule has 3 N–H and O–H groups in total. The molecule has 0 saturated carbocycles. The van der Waals surface area contributed by atoms with Crippen LogP contribution in [0.25, 0.3) is 0 Å². The molecule has 3 nitrogen and oxygen atoms in total. The molecule has 2 aromatic carbocycles. The highest BCUT2D eigenvalue weighted by Crippen LogP contribution is 2.19. The number of para-hydroxylation sites is 2. The number of nitrogens with two attached hydrogens (primary N) is 1. The number of anilines is 2. The van der Waals surface area contributed by atoms with Crippen LogP contribution in [0.3, 0.4) is 0 Å². The Bertz CT molecular complexity index is 517. The van der Waals surface area contributed by atoms with Crippen molar-refractivity contribution < 1.29 is 9.13 Å². The molecule has 0 heterocycles. The lowest BCUT2D eigenvalue weighted by Gasteiger charge is -2.10. The van der Waals surface area contributed by atoms with Gasteiger partial charge in [-0.25, -0.2) is 4.39 Å². The van der Waals surface area contributed by atoms with Gasteiger partial charge in [-0.3, -0.25) is 0 Å². The van der Waals surface area contributed by atoms with Crippen molar-refractivity contribution in [2.45, 2.75) is 0 Å². The van der Waals surface area contributed by atoms with Crippen LogP contribution in [0.4, 0.5) is 15.8 Å². The number of hydrogen-bond acceptors (Lipinski definition) is 3. The lowest BCUT2D eigenvalue weighted by Crippen LogP contribution is -2.12. The van der Waals surface area contributed by atoms with Crippen LogP contribution in [0.5, 0.6) is 5.75 Å². The summed E-state index contributed by atoms with van der Waals surface area (Å²) in [4.78, 5) is 0. The normalized spacial score (nSPS) is 10.1. The monoisotopic (exact) mass is 246 g/mol. The summed E-state index contributed by atoms with van der Waals surface area (Å²) >= 11 is 0. The van der Waals surface area contributed by atoms with Crippen LogP contribution in [-0.4, -0.2) is 13.2 Å². The highest BCUT2D eigenvalue weighted by molar-refractivity contribution is 5.51. The average Bonchev–Trinajstić information content (AvgIpc) is 2.37. The van der Waals surface area contributed by atoms with E-state index in [9.17, 15) is 4.39 Å². The van der Waals surface area contributed by atoms with Crippen LogP contribution >= 0.6 is 0 Å². The maximum Gasteiger partial charge on any atom is 0.142 e. The van der Waals surface area contributed by atoms with Gasteiger partial charge in [0.15, 0.2) is 0 Å². The van der Waals surface area contributed by atoms with Crippen molar-refractivity contribution in [2.24, 2.45) is 0 Å². The molecule has 0 aliphatic rings. The van der Waals surface area contributed by atoms with Crippen molar-refractivity contribution >= 4 is 11.4 Å². The second kappa shape index (κ2) is 5.91. The number of rotatable bonds is 5. The first kappa shape index (κ1) is 12.2. The summed E-state index contributed by atoms with van der Waals surface area (Å²) in [5.41, 5.74) is 7.09. The Labute approximate surface area is 105 Å². The van der Waals surface area contributed by atoms with E-state index >= 15 is 0 Å². The molecule has 0 amide bonds. The van der Waals surface area contributed by atoms with Gasteiger partial charge >= 0.3 is 0 Å². The number of halogens is 1. The van der Waals surface area contributed by atoms with Gasteiger partial charge in [0.1, 0.15) is 18.2 Å². The van der Waals surface area contributed by atoms with Gasteiger partial charge in [-0.1, -0.05) is 18.2 Å². The number of ether oxygens (including phenoxy) is 1. The number of benzene rings is 2. The van der Waals surface area contributed by atoms with Crippen molar-refractivity contribution in [2.75, 3.05) is 24.2 Å². The minimum atomic E-state index is -0.256. The molecule has 4 heteroatoms. The first-order valence-electron chi connectivity index (χ1n) is 5.72. The molecule has 0 aliphatic heterocycles. The largest absolute Gasteiger partial charge is 0.490 e. The van der Waals surface area contributed by atoms with Gasteiger partial charge in [0.25, 0.3) is 0 Å². The third kappa shape index (κ3) is 3.38. The van der Waals surface area contributed by atoms with E-state index in [0.717, 1.165) is 5.69 Å². The van der Waals surface area contributed by atoms with Crippen molar-refractivity contribution in [1.29, 1.82) is 0 Å². The van der Waals surface area contributed by atoms with E-state index in [1.807, 2.05) is 18.2 Å². The fourth-order valence-corrected chi connectivity index (χ4v) is 1.57. The highest BCUT2D eigenvalue weighted by Gasteiger charge is 1.98. The first-order valence-corrected chi connectivity index (χ1v) is 5.72. The molecule has 2 aromatic rings. The Hall–Kier alpha value is -2.23. The van der Waals surface area contributed by atoms with Gasteiger partial charge in [0.05, 0.1) is 5.69 Å². The second-order valence-electron chi connectivity index (χ2n) is 3.82. The number of hydrogen-bond donors (Lipinski definition) is 2. The van der Waals surface area contributed by atoms with Crippen LogP contribution in [-0.2, 0) is 0 Å². The summed E-state index contributed by atoms with van der Waals surface area (Å²) in [7, 11) is 0. The van der Waals surface area contributed by atoms with E-state index in [1.54, 1.807) is 18.2 Å². The number of nitrogen functional groups attached to an aromatic ring is 1. The lowest BCUT2D eigenvalue weighted by molar-refractivity contribution is 0.334. The Morgan fingerprint density at radius 3 is 2.72 bits per heavy atom. The van der Waals surface area contributed by atoms with Crippen LogP contribution in [0.15, 0.2) is 48.5 Å². The van der Waals surface area contributed by atoms with Crippen LogP contribution in [0.1, 0.15) is 0 Å². The Morgan fingerprint density at radius 2 is 1.94 bits per heavy atom. The summed E-state index contributed by atoms with van der Waals surface area (Å²) in [5, 5.41) is 3.07. The first-order chi connectivity index (χ1) is 8.75.